The molecule has 2 aromatic rings. The van der Waals surface area contributed by atoms with Crippen molar-refractivity contribution in [1.29, 1.82) is 0 Å². The van der Waals surface area contributed by atoms with Crippen molar-refractivity contribution in [2.45, 2.75) is 19.8 Å². The summed E-state index contributed by atoms with van der Waals surface area (Å²) in [5.41, 5.74) is 0.719. The van der Waals surface area contributed by atoms with E-state index in [4.69, 9.17) is 5.11 Å². The number of carboxylic acids is 1. The van der Waals surface area contributed by atoms with Gasteiger partial charge in [0.2, 0.25) is 5.91 Å². The van der Waals surface area contributed by atoms with Crippen LogP contribution in [0.2, 0.25) is 0 Å². The van der Waals surface area contributed by atoms with Gasteiger partial charge in [-0.15, -0.1) is 11.3 Å². The Hall–Kier alpha value is -2.21. The molecule has 0 spiro atoms. The Kier molecular flexibility index (Phi) is 5.27. The number of benzene rings is 1. The summed E-state index contributed by atoms with van der Waals surface area (Å²) in [7, 11) is 1.73. The van der Waals surface area contributed by atoms with Crippen LogP contribution < -0.4 is 0 Å². The summed E-state index contributed by atoms with van der Waals surface area (Å²) in [4.78, 5) is 30.4. The number of rotatable bonds is 6. The molecule has 5 nitrogen and oxygen atoms in total. The molecule has 1 aromatic carbocycles. The number of hydrogen-bond donors (Lipinski definition) is 1. The Labute approximate surface area is 133 Å². The van der Waals surface area contributed by atoms with E-state index >= 15 is 0 Å². The molecule has 1 amide bonds. The van der Waals surface area contributed by atoms with Crippen molar-refractivity contribution < 1.29 is 14.7 Å². The molecule has 0 atom stereocenters. The Balaban J connectivity index is 1.95. The smallest absolute Gasteiger partial charge is 0.335 e. The quantitative estimate of drug-likeness (QED) is 0.888. The molecule has 0 saturated carbocycles. The van der Waals surface area contributed by atoms with E-state index in [0.29, 0.717) is 18.5 Å². The van der Waals surface area contributed by atoms with Crippen LogP contribution in [0.15, 0.2) is 30.5 Å². The van der Waals surface area contributed by atoms with Crippen molar-refractivity contribution >= 4 is 23.2 Å². The minimum absolute atomic E-state index is 0.0931. The van der Waals surface area contributed by atoms with Gasteiger partial charge >= 0.3 is 5.97 Å². The SMILES string of the molecule is Cc1cnc(CCN(C)C(=O)Cc2ccccc2C(=O)O)s1. The van der Waals surface area contributed by atoms with E-state index < -0.39 is 5.97 Å². The molecule has 1 aromatic heterocycles. The van der Waals surface area contributed by atoms with Gasteiger partial charge in [0.05, 0.1) is 17.0 Å². The average Bonchev–Trinajstić information content (AvgIpc) is 2.90. The Morgan fingerprint density at radius 2 is 2.05 bits per heavy atom. The van der Waals surface area contributed by atoms with Crippen molar-refractivity contribution in [3.63, 3.8) is 0 Å². The minimum Gasteiger partial charge on any atom is -0.478 e. The molecular weight excluding hydrogens is 300 g/mol. The van der Waals surface area contributed by atoms with Gasteiger partial charge in [-0.05, 0) is 18.6 Å². The van der Waals surface area contributed by atoms with Gasteiger partial charge in [0, 0.05) is 31.1 Å². The van der Waals surface area contributed by atoms with Crippen LogP contribution in [0.1, 0.15) is 25.8 Å². The summed E-state index contributed by atoms with van der Waals surface area (Å²) in [5.74, 6) is -1.11. The summed E-state index contributed by atoms with van der Waals surface area (Å²) in [6, 6.07) is 6.60. The van der Waals surface area contributed by atoms with Gasteiger partial charge in [-0.3, -0.25) is 4.79 Å². The number of nitrogens with zero attached hydrogens (tertiary/aromatic N) is 2. The first-order valence-corrected chi connectivity index (χ1v) is 7.75. The summed E-state index contributed by atoms with van der Waals surface area (Å²) in [6.07, 6.45) is 2.63. The predicted molar refractivity (Wildman–Crippen MR) is 85.3 cm³/mol. The number of carbonyl (C=O) groups excluding carboxylic acids is 1. The lowest BCUT2D eigenvalue weighted by Gasteiger charge is -2.17. The monoisotopic (exact) mass is 318 g/mol. The fourth-order valence-electron chi connectivity index (χ4n) is 2.09. The summed E-state index contributed by atoms with van der Waals surface area (Å²) >= 11 is 1.62. The highest BCUT2D eigenvalue weighted by molar-refractivity contribution is 7.11. The molecule has 6 heteroatoms. The molecule has 0 aliphatic heterocycles. The number of likely N-dealkylation sites (N-methyl/N-ethyl adjacent to an activating group) is 1. The molecular formula is C16H18N2O3S. The first-order chi connectivity index (χ1) is 10.5. The molecule has 0 fully saturated rings. The second-order valence-corrected chi connectivity index (χ2v) is 6.39. The van der Waals surface area contributed by atoms with Crippen LogP contribution in [-0.4, -0.2) is 40.5 Å². The van der Waals surface area contributed by atoms with Gasteiger partial charge in [-0.1, -0.05) is 18.2 Å². The third-order valence-electron chi connectivity index (χ3n) is 3.35. The molecule has 22 heavy (non-hydrogen) atoms. The zero-order valence-electron chi connectivity index (χ0n) is 12.6. The highest BCUT2D eigenvalue weighted by Crippen LogP contribution is 2.13. The number of thiazole rings is 1. The molecule has 0 unspecified atom stereocenters. The second-order valence-electron chi connectivity index (χ2n) is 5.07. The zero-order chi connectivity index (χ0) is 16.1. The van der Waals surface area contributed by atoms with Crippen LogP contribution in [0.3, 0.4) is 0 Å². The van der Waals surface area contributed by atoms with E-state index in [2.05, 4.69) is 4.98 Å². The summed E-state index contributed by atoms with van der Waals surface area (Å²) in [6.45, 7) is 2.57. The van der Waals surface area contributed by atoms with Crippen molar-refractivity contribution in [2.75, 3.05) is 13.6 Å². The van der Waals surface area contributed by atoms with Crippen LogP contribution in [0, 0.1) is 6.92 Å². The number of carbonyl (C=O) groups is 2. The van der Waals surface area contributed by atoms with Crippen molar-refractivity contribution in [3.8, 4) is 0 Å². The molecule has 2 rings (SSSR count). The highest BCUT2D eigenvalue weighted by Gasteiger charge is 2.15. The lowest BCUT2D eigenvalue weighted by Crippen LogP contribution is -2.30. The molecule has 0 saturated heterocycles. The van der Waals surface area contributed by atoms with E-state index in [0.717, 1.165) is 9.88 Å². The second kappa shape index (κ2) is 7.17. The molecule has 0 radical (unpaired) electrons. The first kappa shape index (κ1) is 16.2. The predicted octanol–water partition coefficient (Wildman–Crippen LogP) is 2.39. The van der Waals surface area contributed by atoms with Crippen LogP contribution in [-0.2, 0) is 17.6 Å². The summed E-state index contributed by atoms with van der Waals surface area (Å²) < 4.78 is 0. The standard InChI is InChI=1S/C16H18N2O3S/c1-11-10-17-14(22-11)7-8-18(2)15(19)9-12-5-3-4-6-13(12)16(20)21/h3-6,10H,7-9H2,1-2H3,(H,20,21). The van der Waals surface area contributed by atoms with Crippen LogP contribution in [0.5, 0.6) is 0 Å². The topological polar surface area (TPSA) is 70.5 Å². The molecule has 0 bridgehead atoms. The largest absolute Gasteiger partial charge is 0.478 e. The van der Waals surface area contributed by atoms with Crippen molar-refractivity contribution in [3.05, 3.63) is 51.5 Å². The fourth-order valence-corrected chi connectivity index (χ4v) is 2.86. The number of hydrogen-bond acceptors (Lipinski definition) is 4. The maximum atomic E-state index is 12.2. The van der Waals surface area contributed by atoms with Gasteiger partial charge in [0.15, 0.2) is 0 Å². The number of aromatic nitrogens is 1. The molecule has 116 valence electrons. The van der Waals surface area contributed by atoms with Crippen LogP contribution >= 0.6 is 11.3 Å². The lowest BCUT2D eigenvalue weighted by molar-refractivity contribution is -0.129. The number of carboxylic acid groups (broad SMARTS) is 1. The number of aromatic carboxylic acids is 1. The van der Waals surface area contributed by atoms with Gasteiger partial charge in [0.25, 0.3) is 0 Å². The van der Waals surface area contributed by atoms with Crippen molar-refractivity contribution in [1.82, 2.24) is 9.88 Å². The Bertz CT molecular complexity index is 682. The maximum absolute atomic E-state index is 12.2. The minimum atomic E-state index is -1.01. The number of amides is 1. The lowest BCUT2D eigenvalue weighted by atomic mass is 10.0. The molecule has 1 heterocycles. The third-order valence-corrected chi connectivity index (χ3v) is 4.32. The molecule has 0 aliphatic carbocycles. The van der Waals surface area contributed by atoms with Crippen molar-refractivity contribution in [2.24, 2.45) is 0 Å². The van der Waals surface area contributed by atoms with E-state index in [1.165, 1.54) is 6.07 Å². The van der Waals surface area contributed by atoms with Crippen LogP contribution in [0.4, 0.5) is 0 Å². The Morgan fingerprint density at radius 1 is 1.32 bits per heavy atom. The van der Waals surface area contributed by atoms with Gasteiger partial charge in [-0.25, -0.2) is 9.78 Å². The maximum Gasteiger partial charge on any atom is 0.335 e. The summed E-state index contributed by atoms with van der Waals surface area (Å²) in [5, 5.41) is 10.1. The van der Waals surface area contributed by atoms with Gasteiger partial charge in [-0.2, -0.15) is 0 Å². The molecule has 1 N–H and O–H groups in total. The van der Waals surface area contributed by atoms with E-state index in [9.17, 15) is 9.59 Å². The third kappa shape index (κ3) is 4.14. The normalized spacial score (nSPS) is 10.5. The first-order valence-electron chi connectivity index (χ1n) is 6.94. The zero-order valence-corrected chi connectivity index (χ0v) is 13.4. The van der Waals surface area contributed by atoms with E-state index in [1.807, 2.05) is 13.1 Å². The Morgan fingerprint density at radius 3 is 2.68 bits per heavy atom. The molecule has 0 aliphatic rings. The fraction of sp³-hybridized carbons (Fsp3) is 0.312. The highest BCUT2D eigenvalue weighted by atomic mass is 32.1. The average molecular weight is 318 g/mol. The van der Waals surface area contributed by atoms with E-state index in [1.54, 1.807) is 41.5 Å². The van der Waals surface area contributed by atoms with Gasteiger partial charge < -0.3 is 10.0 Å². The van der Waals surface area contributed by atoms with E-state index in [-0.39, 0.29) is 17.9 Å². The van der Waals surface area contributed by atoms with Gasteiger partial charge in [0.1, 0.15) is 0 Å². The number of aryl methyl sites for hydroxylation is 1. The van der Waals surface area contributed by atoms with Crippen LogP contribution in [0.25, 0.3) is 0 Å².